The molecule has 150 valence electrons. The Balaban J connectivity index is 1.51. The van der Waals surface area contributed by atoms with Gasteiger partial charge in [0.25, 0.3) is 5.91 Å². The van der Waals surface area contributed by atoms with Crippen molar-refractivity contribution in [3.05, 3.63) is 82.2 Å². The molecule has 0 bridgehead atoms. The molecule has 1 aromatic carbocycles. The van der Waals surface area contributed by atoms with Crippen LogP contribution in [-0.4, -0.2) is 34.2 Å². The molecule has 0 spiro atoms. The molecule has 0 unspecified atom stereocenters. The highest BCUT2D eigenvalue weighted by molar-refractivity contribution is 7.12. The van der Waals surface area contributed by atoms with Crippen LogP contribution in [0.15, 0.2) is 64.6 Å². The average Bonchev–Trinajstić information content (AvgIpc) is 3.18. The van der Waals surface area contributed by atoms with Gasteiger partial charge in [-0.1, -0.05) is 18.2 Å². The van der Waals surface area contributed by atoms with Gasteiger partial charge in [0.15, 0.2) is 0 Å². The highest BCUT2D eigenvalue weighted by Crippen LogP contribution is 2.29. The highest BCUT2D eigenvalue weighted by Gasteiger charge is 2.35. The number of amides is 2. The molecular formula is C22H21FN2O3S. The van der Waals surface area contributed by atoms with E-state index in [9.17, 15) is 14.0 Å². The van der Waals surface area contributed by atoms with Crippen LogP contribution in [0.4, 0.5) is 4.39 Å². The second-order valence-corrected chi connectivity index (χ2v) is 8.04. The molecule has 0 N–H and O–H groups in total. The van der Waals surface area contributed by atoms with Crippen molar-refractivity contribution >= 4 is 23.2 Å². The lowest BCUT2D eigenvalue weighted by molar-refractivity contribution is -0.133. The molecule has 1 aliphatic rings. The summed E-state index contributed by atoms with van der Waals surface area (Å²) in [5.41, 5.74) is 0.814. The van der Waals surface area contributed by atoms with Gasteiger partial charge in [-0.3, -0.25) is 9.59 Å². The van der Waals surface area contributed by atoms with Crippen LogP contribution >= 0.6 is 11.3 Å². The summed E-state index contributed by atoms with van der Waals surface area (Å²) < 4.78 is 18.6. The maximum Gasteiger partial charge on any atom is 0.264 e. The fourth-order valence-electron chi connectivity index (χ4n) is 3.17. The molecule has 0 atom stereocenters. The van der Waals surface area contributed by atoms with E-state index in [1.807, 2.05) is 11.4 Å². The topological polar surface area (TPSA) is 53.8 Å². The van der Waals surface area contributed by atoms with Crippen molar-refractivity contribution in [2.75, 3.05) is 6.54 Å². The first-order valence-electron chi connectivity index (χ1n) is 9.49. The molecule has 1 aliphatic carbocycles. The monoisotopic (exact) mass is 412 g/mol. The minimum absolute atomic E-state index is 0.0172. The fraction of sp³-hybridized carbons (Fsp3) is 0.273. The lowest BCUT2D eigenvalue weighted by atomic mass is 10.2. The summed E-state index contributed by atoms with van der Waals surface area (Å²) in [4.78, 5) is 30.0. The SMILES string of the molecule is O=C(CN(C(=O)c1cccs1)C1CC1)N(Cc1ccc(F)cc1)Cc1ccco1. The van der Waals surface area contributed by atoms with E-state index < -0.39 is 0 Å². The number of rotatable bonds is 8. The maximum atomic E-state index is 13.2. The molecule has 1 fully saturated rings. The van der Waals surface area contributed by atoms with Crippen LogP contribution in [0.5, 0.6) is 0 Å². The van der Waals surface area contributed by atoms with Crippen LogP contribution in [0.25, 0.3) is 0 Å². The molecule has 1 saturated carbocycles. The summed E-state index contributed by atoms with van der Waals surface area (Å²) >= 11 is 1.38. The third-order valence-electron chi connectivity index (χ3n) is 4.85. The van der Waals surface area contributed by atoms with E-state index in [-0.39, 0.29) is 36.8 Å². The van der Waals surface area contributed by atoms with Gasteiger partial charge >= 0.3 is 0 Å². The highest BCUT2D eigenvalue weighted by atomic mass is 32.1. The van der Waals surface area contributed by atoms with E-state index in [2.05, 4.69) is 0 Å². The van der Waals surface area contributed by atoms with Gasteiger partial charge in [0, 0.05) is 12.6 Å². The molecule has 0 aliphatic heterocycles. The molecule has 2 aromatic heterocycles. The Morgan fingerprint density at radius 3 is 2.48 bits per heavy atom. The van der Waals surface area contributed by atoms with Crippen molar-refractivity contribution in [1.82, 2.24) is 9.80 Å². The van der Waals surface area contributed by atoms with Crippen LogP contribution < -0.4 is 0 Å². The van der Waals surface area contributed by atoms with Crippen LogP contribution in [0.3, 0.4) is 0 Å². The molecular weight excluding hydrogens is 391 g/mol. The Morgan fingerprint density at radius 2 is 1.86 bits per heavy atom. The zero-order chi connectivity index (χ0) is 20.2. The van der Waals surface area contributed by atoms with Crippen LogP contribution in [0.1, 0.15) is 33.8 Å². The standard InChI is InChI=1S/C22H21FN2O3S/c23-17-7-5-16(6-8-17)13-24(14-19-3-1-11-28-19)21(26)15-25(18-9-10-18)22(27)20-4-2-12-29-20/h1-8,11-12,18H,9-10,13-15H2. The first-order chi connectivity index (χ1) is 14.1. The van der Waals surface area contributed by atoms with Crippen molar-refractivity contribution < 1.29 is 18.4 Å². The number of halogens is 1. The Kier molecular flexibility index (Phi) is 5.76. The van der Waals surface area contributed by atoms with Crippen molar-refractivity contribution in [1.29, 1.82) is 0 Å². The van der Waals surface area contributed by atoms with Gasteiger partial charge < -0.3 is 14.2 Å². The maximum absolute atomic E-state index is 13.2. The van der Waals surface area contributed by atoms with Gasteiger partial charge in [-0.25, -0.2) is 4.39 Å². The number of carbonyl (C=O) groups excluding carboxylic acids is 2. The third-order valence-corrected chi connectivity index (χ3v) is 5.71. The van der Waals surface area contributed by atoms with E-state index in [0.29, 0.717) is 17.2 Å². The minimum atomic E-state index is -0.320. The number of hydrogen-bond acceptors (Lipinski definition) is 4. The van der Waals surface area contributed by atoms with Gasteiger partial charge in [-0.05, 0) is 54.1 Å². The lowest BCUT2D eigenvalue weighted by Crippen LogP contribution is -2.43. The number of carbonyl (C=O) groups is 2. The summed E-state index contributed by atoms with van der Waals surface area (Å²) in [6.07, 6.45) is 3.40. The van der Waals surface area contributed by atoms with Gasteiger partial charge in [-0.15, -0.1) is 11.3 Å². The average molecular weight is 412 g/mol. The van der Waals surface area contributed by atoms with E-state index in [4.69, 9.17) is 4.42 Å². The van der Waals surface area contributed by atoms with Crippen LogP contribution in [0.2, 0.25) is 0 Å². The zero-order valence-electron chi connectivity index (χ0n) is 15.8. The summed E-state index contributed by atoms with van der Waals surface area (Å²) in [7, 11) is 0. The van der Waals surface area contributed by atoms with Crippen molar-refractivity contribution in [2.24, 2.45) is 0 Å². The quantitative estimate of drug-likeness (QED) is 0.554. The Bertz CT molecular complexity index is 951. The minimum Gasteiger partial charge on any atom is -0.467 e. The summed E-state index contributed by atoms with van der Waals surface area (Å²) in [6, 6.07) is 13.4. The van der Waals surface area contributed by atoms with Crippen LogP contribution in [0, 0.1) is 5.82 Å². The zero-order valence-corrected chi connectivity index (χ0v) is 16.6. The summed E-state index contributed by atoms with van der Waals surface area (Å²) in [5, 5.41) is 1.86. The van der Waals surface area contributed by atoms with E-state index in [1.165, 1.54) is 23.5 Å². The number of benzene rings is 1. The summed E-state index contributed by atoms with van der Waals surface area (Å²) in [6.45, 7) is 0.615. The van der Waals surface area contributed by atoms with Crippen molar-refractivity contribution in [2.45, 2.75) is 32.0 Å². The molecule has 5 nitrogen and oxygen atoms in total. The van der Waals surface area contributed by atoms with E-state index in [1.54, 1.807) is 46.4 Å². The van der Waals surface area contributed by atoms with E-state index in [0.717, 1.165) is 18.4 Å². The Hall–Kier alpha value is -2.93. The van der Waals surface area contributed by atoms with Gasteiger partial charge in [0.1, 0.15) is 18.1 Å². The molecule has 2 heterocycles. The normalized spacial score (nSPS) is 13.3. The van der Waals surface area contributed by atoms with E-state index >= 15 is 0 Å². The number of hydrogen-bond donors (Lipinski definition) is 0. The molecule has 0 saturated heterocycles. The fourth-order valence-corrected chi connectivity index (χ4v) is 3.85. The van der Waals surface area contributed by atoms with Gasteiger partial charge in [0.2, 0.25) is 5.91 Å². The van der Waals surface area contributed by atoms with Crippen LogP contribution in [-0.2, 0) is 17.9 Å². The third kappa shape index (κ3) is 4.92. The Labute approximate surface area is 172 Å². The predicted molar refractivity (Wildman–Crippen MR) is 108 cm³/mol. The molecule has 4 rings (SSSR count). The molecule has 0 radical (unpaired) electrons. The number of nitrogens with zero attached hydrogens (tertiary/aromatic N) is 2. The van der Waals surface area contributed by atoms with Crippen molar-refractivity contribution in [3.8, 4) is 0 Å². The Morgan fingerprint density at radius 1 is 1.07 bits per heavy atom. The molecule has 7 heteroatoms. The molecule has 29 heavy (non-hydrogen) atoms. The number of furan rings is 1. The molecule has 3 aromatic rings. The second-order valence-electron chi connectivity index (χ2n) is 7.10. The smallest absolute Gasteiger partial charge is 0.264 e. The largest absolute Gasteiger partial charge is 0.467 e. The van der Waals surface area contributed by atoms with Crippen molar-refractivity contribution in [3.63, 3.8) is 0 Å². The van der Waals surface area contributed by atoms with Gasteiger partial charge in [-0.2, -0.15) is 0 Å². The summed E-state index contributed by atoms with van der Waals surface area (Å²) in [5.74, 6) is 0.0697. The first-order valence-corrected chi connectivity index (χ1v) is 10.4. The lowest BCUT2D eigenvalue weighted by Gasteiger charge is -2.27. The first kappa shape index (κ1) is 19.4. The predicted octanol–water partition coefficient (Wildman–Crippen LogP) is 4.31. The van der Waals surface area contributed by atoms with Gasteiger partial charge in [0.05, 0.1) is 17.7 Å². The second kappa shape index (κ2) is 8.61. The number of thiophene rings is 1. The molecule has 2 amide bonds.